The first-order valence-corrected chi connectivity index (χ1v) is 6.96. The zero-order valence-electron chi connectivity index (χ0n) is 10.1. The molecule has 4 N–H and O–H groups in total. The van der Waals surface area contributed by atoms with E-state index < -0.39 is 44.6 Å². The van der Waals surface area contributed by atoms with Crippen LogP contribution < -0.4 is 11.2 Å². The average Bonchev–Trinajstić information content (AvgIpc) is 2.77. The smallest absolute Gasteiger partial charge is 0.330 e. The molecule has 1 fully saturated rings. The normalized spacial score (nSPS) is 27.6. The number of H-pyrrole nitrogens is 1. The van der Waals surface area contributed by atoms with Crippen LogP contribution in [0.15, 0.2) is 21.9 Å². The van der Waals surface area contributed by atoms with Gasteiger partial charge in [-0.2, -0.15) is 9.56 Å². The van der Waals surface area contributed by atoms with Crippen LogP contribution >= 0.6 is 8.38 Å². The lowest BCUT2D eigenvalue weighted by Crippen LogP contribution is -2.34. The summed E-state index contributed by atoms with van der Waals surface area (Å²) in [6.07, 6.45) is -2.56. The third-order valence-electron chi connectivity index (χ3n) is 2.54. The first kappa shape index (κ1) is 15.3. The number of aromatic nitrogens is 2. The summed E-state index contributed by atoms with van der Waals surface area (Å²) in [6, 6.07) is 1.11. The summed E-state index contributed by atoms with van der Waals surface area (Å²) in [6.45, 7) is 0. The first-order valence-electron chi connectivity index (χ1n) is 5.57. The van der Waals surface area contributed by atoms with E-state index in [4.69, 9.17) is 19.6 Å². The van der Waals surface area contributed by atoms with Crippen molar-refractivity contribution in [1.82, 2.24) is 9.55 Å². The summed E-state index contributed by atoms with van der Waals surface area (Å²) < 4.78 is 10.7. The average molecular weight is 308 g/mol. The van der Waals surface area contributed by atoms with Crippen LogP contribution in [0.5, 0.6) is 0 Å². The third-order valence-corrected chi connectivity index (χ3v) is 3.04. The number of hydrogen-bond acceptors (Lipinski definition) is 8. The summed E-state index contributed by atoms with van der Waals surface area (Å²) in [4.78, 5) is 38.2. The maximum atomic E-state index is 11.6. The van der Waals surface area contributed by atoms with E-state index in [0.29, 0.717) is 0 Å². The van der Waals surface area contributed by atoms with Crippen LogP contribution in [-0.2, 0) is 14.3 Å². The van der Waals surface area contributed by atoms with E-state index in [0.717, 1.165) is 10.6 Å². The van der Waals surface area contributed by atoms with Crippen molar-refractivity contribution in [2.24, 2.45) is 0 Å². The predicted octanol–water partition coefficient (Wildman–Crippen LogP) is -1.66. The molecule has 0 saturated carbocycles. The molecule has 11 heteroatoms. The minimum Gasteiger partial charge on any atom is -0.388 e. The lowest BCUT2D eigenvalue weighted by Gasteiger charge is -2.16. The highest BCUT2D eigenvalue weighted by Gasteiger charge is 2.37. The maximum absolute atomic E-state index is 11.6. The van der Waals surface area contributed by atoms with Crippen molar-refractivity contribution in [2.45, 2.75) is 25.0 Å². The highest BCUT2D eigenvalue weighted by Crippen LogP contribution is 2.34. The molecule has 2 rings (SSSR count). The summed E-state index contributed by atoms with van der Waals surface area (Å²) in [5.41, 5.74) is -1.30. The Morgan fingerprint density at radius 1 is 1.55 bits per heavy atom. The van der Waals surface area contributed by atoms with Crippen LogP contribution in [0.25, 0.3) is 0 Å². The predicted molar refractivity (Wildman–Crippen MR) is 64.3 cm³/mol. The molecule has 1 aromatic rings. The van der Waals surface area contributed by atoms with Crippen molar-refractivity contribution in [3.05, 3.63) is 33.1 Å². The summed E-state index contributed by atoms with van der Waals surface area (Å²) >= 11 is 0. The molecule has 1 aliphatic heterocycles. The second-order valence-electron chi connectivity index (χ2n) is 3.94. The van der Waals surface area contributed by atoms with Crippen LogP contribution in [0.1, 0.15) is 12.6 Å². The molecule has 2 unspecified atom stereocenters. The van der Waals surface area contributed by atoms with E-state index in [2.05, 4.69) is 4.67 Å². The number of aliphatic hydroxyl groups excluding tert-OH is 2. The lowest BCUT2D eigenvalue weighted by molar-refractivity contribution is -0.318. The number of ether oxygens (including phenoxy) is 1. The van der Waals surface area contributed by atoms with Crippen LogP contribution in [0.3, 0.4) is 0 Å². The zero-order valence-corrected chi connectivity index (χ0v) is 11.0. The van der Waals surface area contributed by atoms with E-state index in [1.54, 1.807) is 0 Å². The zero-order chi connectivity index (χ0) is 14.7. The van der Waals surface area contributed by atoms with Crippen molar-refractivity contribution >= 4 is 8.38 Å². The van der Waals surface area contributed by atoms with Crippen molar-refractivity contribution < 1.29 is 29.4 Å². The summed E-state index contributed by atoms with van der Waals surface area (Å²) in [5.74, 6) is 0. The monoisotopic (exact) mass is 308 g/mol. The molecule has 0 amide bonds. The van der Waals surface area contributed by atoms with Crippen molar-refractivity contribution in [2.75, 3.05) is 6.35 Å². The van der Waals surface area contributed by atoms with E-state index in [9.17, 15) is 14.7 Å². The Balaban J connectivity index is 2.03. The van der Waals surface area contributed by atoms with Crippen LogP contribution in [-0.4, -0.2) is 43.4 Å². The number of hydrogen-bond donors (Lipinski definition) is 4. The number of aliphatic hydroxyl groups is 2. The fourth-order valence-electron chi connectivity index (χ4n) is 1.68. The topological polar surface area (TPSA) is 143 Å². The minimum absolute atomic E-state index is 0.00909. The Kier molecular flexibility index (Phi) is 5.00. The molecule has 0 radical (unpaired) electrons. The number of aromatic amines is 1. The fraction of sp³-hybridized carbons (Fsp3) is 0.556. The Hall–Kier alpha value is -1.13. The standard InChI is InChI=1S/C9H13N2O8P/c12-4-20(16)19-18-7-3-5(13)8(17-7)11-2-1-6(14)10-9(11)15/h1-2,5,7-8,12-13,16H,3-4H2,(H,10,14,15)/t5?,7-,8-,20?/m1/s1. The van der Waals surface area contributed by atoms with Gasteiger partial charge in [-0.1, -0.05) is 0 Å². The molecule has 1 saturated heterocycles. The molecule has 0 bridgehead atoms. The summed E-state index contributed by atoms with van der Waals surface area (Å²) in [5, 5.41) is 18.4. The van der Waals surface area contributed by atoms with Gasteiger partial charge in [-0.05, 0) is 0 Å². The Labute approximate surface area is 113 Å². The summed E-state index contributed by atoms with van der Waals surface area (Å²) in [7, 11) is -2.13. The number of nitrogens with one attached hydrogen (secondary N) is 1. The Bertz CT molecular complexity index is 559. The van der Waals surface area contributed by atoms with Gasteiger partial charge in [-0.15, -0.1) is 0 Å². The first-order chi connectivity index (χ1) is 9.51. The van der Waals surface area contributed by atoms with Crippen LogP contribution in [0, 0.1) is 0 Å². The minimum atomic E-state index is -2.13. The van der Waals surface area contributed by atoms with Crippen molar-refractivity contribution in [3.8, 4) is 0 Å². The van der Waals surface area contributed by atoms with Gasteiger partial charge in [0.2, 0.25) is 8.38 Å². The van der Waals surface area contributed by atoms with Gasteiger partial charge in [0.1, 0.15) is 12.5 Å². The molecule has 20 heavy (non-hydrogen) atoms. The van der Waals surface area contributed by atoms with E-state index in [-0.39, 0.29) is 6.42 Å². The second-order valence-corrected chi connectivity index (χ2v) is 5.08. The molecule has 2 heterocycles. The second kappa shape index (κ2) is 6.55. The Morgan fingerprint density at radius 3 is 2.95 bits per heavy atom. The number of nitrogens with zero attached hydrogens (tertiary/aromatic N) is 1. The highest BCUT2D eigenvalue weighted by atomic mass is 31.2. The van der Waals surface area contributed by atoms with Crippen LogP contribution in [0.2, 0.25) is 0 Å². The third kappa shape index (κ3) is 3.49. The van der Waals surface area contributed by atoms with E-state index >= 15 is 0 Å². The van der Waals surface area contributed by atoms with E-state index in [1.807, 2.05) is 4.98 Å². The molecule has 0 aromatic carbocycles. The largest absolute Gasteiger partial charge is 0.388 e. The maximum Gasteiger partial charge on any atom is 0.330 e. The molecule has 0 aliphatic carbocycles. The SMILES string of the molecule is O=c1ccn([C@@H]2O[C@H](OOP(O)CO)CC2O)c(=O)[nH]1. The van der Waals surface area contributed by atoms with Gasteiger partial charge in [0, 0.05) is 18.7 Å². The van der Waals surface area contributed by atoms with Crippen molar-refractivity contribution in [1.29, 1.82) is 0 Å². The molecule has 1 aromatic heterocycles. The van der Waals surface area contributed by atoms with E-state index in [1.165, 1.54) is 6.20 Å². The molecule has 4 atom stereocenters. The van der Waals surface area contributed by atoms with Crippen molar-refractivity contribution in [3.63, 3.8) is 0 Å². The highest BCUT2D eigenvalue weighted by molar-refractivity contribution is 7.45. The molecule has 0 spiro atoms. The molecular formula is C9H13N2O8P. The van der Waals surface area contributed by atoms with Gasteiger partial charge in [0.15, 0.2) is 12.5 Å². The lowest BCUT2D eigenvalue weighted by atomic mass is 10.2. The van der Waals surface area contributed by atoms with Gasteiger partial charge in [0.25, 0.3) is 5.56 Å². The van der Waals surface area contributed by atoms with Gasteiger partial charge >= 0.3 is 5.69 Å². The van der Waals surface area contributed by atoms with Gasteiger partial charge in [-0.25, -0.2) is 4.79 Å². The molecular weight excluding hydrogens is 295 g/mol. The Morgan fingerprint density at radius 2 is 2.30 bits per heavy atom. The van der Waals surface area contributed by atoms with Crippen LogP contribution in [0.4, 0.5) is 0 Å². The fourth-order valence-corrected chi connectivity index (χ4v) is 1.92. The molecule has 112 valence electrons. The molecule has 1 aliphatic rings. The quantitative estimate of drug-likeness (QED) is 0.288. The van der Waals surface area contributed by atoms with Gasteiger partial charge < -0.3 is 19.8 Å². The molecule has 10 nitrogen and oxygen atoms in total. The number of rotatable bonds is 5. The van der Waals surface area contributed by atoms with Gasteiger partial charge in [-0.3, -0.25) is 14.3 Å². The van der Waals surface area contributed by atoms with Gasteiger partial charge in [0.05, 0.1) is 0 Å².